The van der Waals surface area contributed by atoms with Crippen molar-refractivity contribution in [1.82, 2.24) is 9.55 Å². The van der Waals surface area contributed by atoms with Crippen LogP contribution in [0.1, 0.15) is 5.82 Å². The fourth-order valence-electron chi connectivity index (χ4n) is 2.21. The largest absolute Gasteiger partial charge is 0.399 e. The summed E-state index contributed by atoms with van der Waals surface area (Å²) in [5.74, 6) is -1.03. The summed E-state index contributed by atoms with van der Waals surface area (Å²) < 4.78 is 29.3. The lowest BCUT2D eigenvalue weighted by Crippen LogP contribution is -2.04. The van der Waals surface area contributed by atoms with Gasteiger partial charge in [0.25, 0.3) is 0 Å². The maximum absolute atomic E-state index is 14.2. The van der Waals surface area contributed by atoms with Crippen molar-refractivity contribution >= 4 is 32.7 Å². The minimum absolute atomic E-state index is 0.0213. The van der Waals surface area contributed by atoms with Crippen LogP contribution in [-0.4, -0.2) is 14.7 Å². The fraction of sp³-hybridized carbons (Fsp3) is 0.0714. The molecule has 1 aromatic heterocycles. The van der Waals surface area contributed by atoms with E-state index in [4.69, 9.17) is 5.73 Å². The van der Waals surface area contributed by atoms with E-state index in [1.54, 1.807) is 18.2 Å². The molecule has 21 heavy (non-hydrogen) atoms. The molecule has 0 atom stereocenters. The Morgan fingerprint density at radius 2 is 1.95 bits per heavy atom. The van der Waals surface area contributed by atoms with Gasteiger partial charge in [-0.1, -0.05) is 0 Å². The molecule has 0 fully saturated rings. The highest BCUT2D eigenvalue weighted by Crippen LogP contribution is 2.28. The van der Waals surface area contributed by atoms with Crippen LogP contribution in [0.25, 0.3) is 16.7 Å². The highest BCUT2D eigenvalue weighted by molar-refractivity contribution is 9.10. The lowest BCUT2D eigenvalue weighted by Gasteiger charge is -2.10. The van der Waals surface area contributed by atoms with Crippen LogP contribution in [0.3, 0.4) is 0 Å². The zero-order chi connectivity index (χ0) is 15.1. The first kappa shape index (κ1) is 14.0. The Morgan fingerprint density at radius 1 is 1.19 bits per heavy atom. The summed E-state index contributed by atoms with van der Waals surface area (Å²) in [5, 5.41) is 9.42. The topological polar surface area (TPSA) is 64.1 Å². The number of fused-ring (bicyclic) bond motifs is 1. The third-order valence-electron chi connectivity index (χ3n) is 3.12. The van der Waals surface area contributed by atoms with Crippen LogP contribution in [-0.2, 0) is 6.61 Å². The van der Waals surface area contributed by atoms with Gasteiger partial charge in [0.1, 0.15) is 24.1 Å². The van der Waals surface area contributed by atoms with Crippen LogP contribution in [0.15, 0.2) is 34.8 Å². The summed E-state index contributed by atoms with van der Waals surface area (Å²) >= 11 is 2.93. The zero-order valence-corrected chi connectivity index (χ0v) is 12.2. The van der Waals surface area contributed by atoms with Crippen LogP contribution >= 0.6 is 15.9 Å². The average Bonchev–Trinajstić information content (AvgIpc) is 2.80. The molecule has 3 aromatic rings. The van der Waals surface area contributed by atoms with Gasteiger partial charge < -0.3 is 10.8 Å². The Balaban J connectivity index is 2.36. The van der Waals surface area contributed by atoms with Crippen LogP contribution < -0.4 is 5.73 Å². The van der Waals surface area contributed by atoms with E-state index < -0.39 is 18.2 Å². The molecule has 0 radical (unpaired) electrons. The summed E-state index contributed by atoms with van der Waals surface area (Å²) in [7, 11) is 0. The number of aliphatic hydroxyl groups is 1. The highest BCUT2D eigenvalue weighted by Gasteiger charge is 2.17. The second kappa shape index (κ2) is 5.09. The van der Waals surface area contributed by atoms with Gasteiger partial charge in [0, 0.05) is 11.8 Å². The standard InChI is InChI=1S/C14H10BrF2N3O/c15-8-4-10(17)13(5-9(8)16)20-12-2-1-7(18)3-11(12)19-14(20)6-21/h1-5,21H,6,18H2. The number of nitrogens with zero attached hydrogens (tertiary/aromatic N) is 2. The number of hydrogen-bond donors (Lipinski definition) is 2. The first-order valence-electron chi connectivity index (χ1n) is 6.04. The van der Waals surface area contributed by atoms with Crippen molar-refractivity contribution in [3.8, 4) is 5.69 Å². The van der Waals surface area contributed by atoms with E-state index >= 15 is 0 Å². The molecule has 0 amide bonds. The summed E-state index contributed by atoms with van der Waals surface area (Å²) in [6.45, 7) is -0.411. The molecule has 1 heterocycles. The van der Waals surface area contributed by atoms with Gasteiger partial charge >= 0.3 is 0 Å². The second-order valence-electron chi connectivity index (χ2n) is 4.49. The number of benzene rings is 2. The molecule has 0 saturated heterocycles. The normalized spacial score (nSPS) is 11.2. The van der Waals surface area contributed by atoms with E-state index in [0.29, 0.717) is 16.7 Å². The number of nitrogen functional groups attached to an aromatic ring is 1. The Bertz CT molecular complexity index is 848. The van der Waals surface area contributed by atoms with E-state index in [9.17, 15) is 13.9 Å². The number of halogens is 3. The minimum atomic E-state index is -0.630. The lowest BCUT2D eigenvalue weighted by atomic mass is 10.2. The van der Waals surface area contributed by atoms with Crippen molar-refractivity contribution in [3.63, 3.8) is 0 Å². The molecule has 2 aromatic carbocycles. The first-order chi connectivity index (χ1) is 10.0. The molecule has 108 valence electrons. The van der Waals surface area contributed by atoms with Crippen molar-refractivity contribution < 1.29 is 13.9 Å². The predicted octanol–water partition coefficient (Wildman–Crippen LogP) is 3.14. The average molecular weight is 354 g/mol. The maximum atomic E-state index is 14.2. The molecule has 4 nitrogen and oxygen atoms in total. The SMILES string of the molecule is Nc1ccc2c(c1)nc(CO)n2-c1cc(F)c(Br)cc1F. The van der Waals surface area contributed by atoms with Crippen LogP contribution in [0.2, 0.25) is 0 Å². The van der Waals surface area contributed by atoms with Gasteiger partial charge in [-0.05, 0) is 40.2 Å². The molecular weight excluding hydrogens is 344 g/mol. The van der Waals surface area contributed by atoms with E-state index in [2.05, 4.69) is 20.9 Å². The zero-order valence-electron chi connectivity index (χ0n) is 10.6. The molecule has 0 unspecified atom stereocenters. The van der Waals surface area contributed by atoms with Gasteiger partial charge in [-0.2, -0.15) is 0 Å². The molecule has 0 saturated carbocycles. The molecular formula is C14H10BrF2N3O. The van der Waals surface area contributed by atoms with E-state index in [1.165, 1.54) is 4.57 Å². The number of hydrogen-bond acceptors (Lipinski definition) is 3. The molecule has 7 heteroatoms. The second-order valence-corrected chi connectivity index (χ2v) is 5.34. The van der Waals surface area contributed by atoms with Crippen molar-refractivity contribution in [3.05, 3.63) is 52.3 Å². The van der Waals surface area contributed by atoms with Crippen LogP contribution in [0.5, 0.6) is 0 Å². The van der Waals surface area contributed by atoms with Gasteiger partial charge in [-0.15, -0.1) is 0 Å². The van der Waals surface area contributed by atoms with Gasteiger partial charge in [0.05, 0.1) is 21.2 Å². The molecule has 0 aliphatic rings. The van der Waals surface area contributed by atoms with Gasteiger partial charge in [-0.3, -0.25) is 4.57 Å². The predicted molar refractivity (Wildman–Crippen MR) is 79.0 cm³/mol. The number of nitrogens with two attached hydrogens (primary N) is 1. The third kappa shape index (κ3) is 2.28. The molecule has 0 spiro atoms. The fourth-order valence-corrected chi connectivity index (χ4v) is 2.52. The van der Waals surface area contributed by atoms with Gasteiger partial charge in [0.15, 0.2) is 0 Å². The molecule has 3 N–H and O–H groups in total. The summed E-state index contributed by atoms with van der Waals surface area (Å²) in [6, 6.07) is 6.98. The third-order valence-corrected chi connectivity index (χ3v) is 3.73. The number of aliphatic hydroxyl groups excluding tert-OH is 1. The van der Waals surface area contributed by atoms with E-state index in [-0.39, 0.29) is 16.0 Å². The first-order valence-corrected chi connectivity index (χ1v) is 6.83. The highest BCUT2D eigenvalue weighted by atomic mass is 79.9. The Morgan fingerprint density at radius 3 is 2.67 bits per heavy atom. The number of rotatable bonds is 2. The summed E-state index contributed by atoms with van der Waals surface area (Å²) in [5.41, 5.74) is 7.20. The summed E-state index contributed by atoms with van der Waals surface area (Å²) in [6.07, 6.45) is 0. The van der Waals surface area contributed by atoms with Crippen molar-refractivity contribution in [2.24, 2.45) is 0 Å². The molecule has 0 aliphatic carbocycles. The Kier molecular flexibility index (Phi) is 3.38. The molecule has 0 aliphatic heterocycles. The van der Waals surface area contributed by atoms with E-state index in [1.807, 2.05) is 0 Å². The molecule has 0 bridgehead atoms. The van der Waals surface area contributed by atoms with Crippen molar-refractivity contribution in [2.75, 3.05) is 5.73 Å². The van der Waals surface area contributed by atoms with E-state index in [0.717, 1.165) is 12.1 Å². The van der Waals surface area contributed by atoms with Crippen LogP contribution in [0, 0.1) is 11.6 Å². The minimum Gasteiger partial charge on any atom is -0.399 e. The monoisotopic (exact) mass is 353 g/mol. The Labute approximate surface area is 127 Å². The smallest absolute Gasteiger partial charge is 0.148 e. The van der Waals surface area contributed by atoms with Crippen molar-refractivity contribution in [1.29, 1.82) is 0 Å². The lowest BCUT2D eigenvalue weighted by molar-refractivity contribution is 0.270. The molecule has 3 rings (SSSR count). The van der Waals surface area contributed by atoms with Gasteiger partial charge in [0.2, 0.25) is 0 Å². The van der Waals surface area contributed by atoms with Gasteiger partial charge in [-0.25, -0.2) is 13.8 Å². The number of anilines is 1. The van der Waals surface area contributed by atoms with Crippen molar-refractivity contribution in [2.45, 2.75) is 6.61 Å². The Hall–Kier alpha value is -1.99. The number of aromatic nitrogens is 2. The summed E-state index contributed by atoms with van der Waals surface area (Å²) in [4.78, 5) is 4.19. The quantitative estimate of drug-likeness (QED) is 0.549. The number of imidazole rings is 1. The maximum Gasteiger partial charge on any atom is 0.148 e. The van der Waals surface area contributed by atoms with Crippen LogP contribution in [0.4, 0.5) is 14.5 Å².